The highest BCUT2D eigenvalue weighted by atomic mass is 35.5. The van der Waals surface area contributed by atoms with Crippen molar-refractivity contribution >= 4 is 23.2 Å². The largest absolute Gasteiger partial charge is 0.312 e. The molecular formula is C7H5Cl2N3. The van der Waals surface area contributed by atoms with Crippen LogP contribution in [-0.2, 0) is 0 Å². The molecular weight excluding hydrogens is 197 g/mol. The highest BCUT2D eigenvalue weighted by molar-refractivity contribution is 6.42. The first kappa shape index (κ1) is 9.27. The highest BCUT2D eigenvalue weighted by Gasteiger charge is 2.11. The molecule has 1 rings (SSSR count). The fourth-order valence-corrected chi connectivity index (χ4v) is 1.10. The zero-order valence-corrected chi connectivity index (χ0v) is 7.47. The lowest BCUT2D eigenvalue weighted by atomic mass is 10.1. The number of nitriles is 1. The van der Waals surface area contributed by atoms with Crippen LogP contribution in [0.2, 0.25) is 10.0 Å². The molecule has 1 atom stereocenters. The van der Waals surface area contributed by atoms with Crippen LogP contribution in [0.15, 0.2) is 12.4 Å². The van der Waals surface area contributed by atoms with E-state index in [1.165, 1.54) is 12.4 Å². The Morgan fingerprint density at radius 3 is 2.75 bits per heavy atom. The van der Waals surface area contributed by atoms with Gasteiger partial charge in [-0.15, -0.1) is 0 Å². The van der Waals surface area contributed by atoms with Gasteiger partial charge in [0.1, 0.15) is 6.04 Å². The zero-order valence-electron chi connectivity index (χ0n) is 5.96. The van der Waals surface area contributed by atoms with E-state index in [0.717, 1.165) is 0 Å². The van der Waals surface area contributed by atoms with Gasteiger partial charge >= 0.3 is 0 Å². The minimum absolute atomic E-state index is 0.292. The number of pyridine rings is 1. The normalized spacial score (nSPS) is 12.2. The molecule has 12 heavy (non-hydrogen) atoms. The molecule has 1 aromatic rings. The van der Waals surface area contributed by atoms with E-state index in [4.69, 9.17) is 34.2 Å². The molecule has 1 unspecified atom stereocenters. The molecule has 0 radical (unpaired) electrons. The lowest BCUT2D eigenvalue weighted by Gasteiger charge is -2.05. The Labute approximate surface area is 79.7 Å². The van der Waals surface area contributed by atoms with Gasteiger partial charge in [0, 0.05) is 18.0 Å². The molecule has 0 aliphatic carbocycles. The van der Waals surface area contributed by atoms with E-state index >= 15 is 0 Å². The minimum atomic E-state index is -0.774. The summed E-state index contributed by atoms with van der Waals surface area (Å²) in [6.07, 6.45) is 2.83. The summed E-state index contributed by atoms with van der Waals surface area (Å²) < 4.78 is 0. The lowest BCUT2D eigenvalue weighted by molar-refractivity contribution is 0.916. The number of hydrogen-bond acceptors (Lipinski definition) is 3. The second-order valence-electron chi connectivity index (χ2n) is 2.13. The number of aromatic nitrogens is 1. The van der Waals surface area contributed by atoms with Crippen molar-refractivity contribution in [3.63, 3.8) is 0 Å². The Hall–Kier alpha value is -0.820. The van der Waals surface area contributed by atoms with Crippen LogP contribution >= 0.6 is 23.2 Å². The van der Waals surface area contributed by atoms with Crippen molar-refractivity contribution in [2.45, 2.75) is 6.04 Å². The summed E-state index contributed by atoms with van der Waals surface area (Å²) in [7, 11) is 0. The van der Waals surface area contributed by atoms with Gasteiger partial charge in [0.15, 0.2) is 0 Å². The number of rotatable bonds is 1. The van der Waals surface area contributed by atoms with Gasteiger partial charge < -0.3 is 5.73 Å². The van der Waals surface area contributed by atoms with Crippen LogP contribution in [0.25, 0.3) is 0 Å². The predicted molar refractivity (Wildman–Crippen MR) is 46.8 cm³/mol. The van der Waals surface area contributed by atoms with Crippen LogP contribution < -0.4 is 5.73 Å². The van der Waals surface area contributed by atoms with Crippen LogP contribution in [0.1, 0.15) is 11.6 Å². The topological polar surface area (TPSA) is 62.7 Å². The third-order valence-electron chi connectivity index (χ3n) is 1.34. The van der Waals surface area contributed by atoms with Gasteiger partial charge in [-0.2, -0.15) is 5.26 Å². The van der Waals surface area contributed by atoms with Crippen molar-refractivity contribution in [2.24, 2.45) is 5.73 Å². The molecule has 0 saturated carbocycles. The number of halogens is 2. The summed E-state index contributed by atoms with van der Waals surface area (Å²) in [6.45, 7) is 0. The first-order valence-electron chi connectivity index (χ1n) is 3.11. The van der Waals surface area contributed by atoms with E-state index in [2.05, 4.69) is 4.98 Å². The quantitative estimate of drug-likeness (QED) is 0.756. The third kappa shape index (κ3) is 1.67. The van der Waals surface area contributed by atoms with Gasteiger partial charge in [0.2, 0.25) is 0 Å². The molecule has 0 aromatic carbocycles. The van der Waals surface area contributed by atoms with Crippen molar-refractivity contribution in [3.05, 3.63) is 28.0 Å². The van der Waals surface area contributed by atoms with E-state index in [0.29, 0.717) is 15.6 Å². The van der Waals surface area contributed by atoms with Gasteiger partial charge in [0.25, 0.3) is 0 Å². The molecule has 0 amide bonds. The monoisotopic (exact) mass is 201 g/mol. The van der Waals surface area contributed by atoms with E-state index in [-0.39, 0.29) is 0 Å². The minimum Gasteiger partial charge on any atom is -0.312 e. The predicted octanol–water partition coefficient (Wildman–Crippen LogP) is 1.91. The fourth-order valence-electron chi connectivity index (χ4n) is 0.721. The molecule has 62 valence electrons. The number of nitrogens with two attached hydrogens (primary N) is 1. The van der Waals surface area contributed by atoms with Crippen molar-refractivity contribution in [3.8, 4) is 6.07 Å². The maximum Gasteiger partial charge on any atom is 0.121 e. The Bertz CT molecular complexity index is 332. The Morgan fingerprint density at radius 2 is 2.17 bits per heavy atom. The van der Waals surface area contributed by atoms with Crippen molar-refractivity contribution < 1.29 is 0 Å². The average molecular weight is 202 g/mol. The van der Waals surface area contributed by atoms with Crippen molar-refractivity contribution in [1.82, 2.24) is 4.98 Å². The summed E-state index contributed by atoms with van der Waals surface area (Å²) in [6, 6.07) is 1.07. The van der Waals surface area contributed by atoms with Crippen LogP contribution in [-0.4, -0.2) is 4.98 Å². The molecule has 0 saturated heterocycles. The molecule has 0 spiro atoms. The van der Waals surface area contributed by atoms with E-state index in [1.807, 2.05) is 6.07 Å². The van der Waals surface area contributed by atoms with Crippen LogP contribution in [0.4, 0.5) is 0 Å². The van der Waals surface area contributed by atoms with Gasteiger partial charge in [-0.3, -0.25) is 4.98 Å². The molecule has 0 aliphatic heterocycles. The first-order chi connectivity index (χ1) is 5.66. The van der Waals surface area contributed by atoms with Gasteiger partial charge in [-0.05, 0) is 0 Å². The molecule has 0 bridgehead atoms. The summed E-state index contributed by atoms with van der Waals surface area (Å²) in [4.78, 5) is 3.77. The summed E-state index contributed by atoms with van der Waals surface area (Å²) in [5.41, 5.74) is 5.87. The standard InChI is InChI=1S/C7H5Cl2N3/c8-5-3-12-2-4(7(5)9)6(11)1-10/h2-3,6H,11H2. The molecule has 1 aromatic heterocycles. The van der Waals surface area contributed by atoms with E-state index < -0.39 is 6.04 Å². The van der Waals surface area contributed by atoms with Gasteiger partial charge in [-0.1, -0.05) is 23.2 Å². The maximum absolute atomic E-state index is 8.50. The molecule has 0 aliphatic rings. The van der Waals surface area contributed by atoms with Gasteiger partial charge in [-0.25, -0.2) is 0 Å². The second kappa shape index (κ2) is 3.72. The fraction of sp³-hybridized carbons (Fsp3) is 0.143. The summed E-state index contributed by atoms with van der Waals surface area (Å²) in [5, 5.41) is 9.10. The summed E-state index contributed by atoms with van der Waals surface area (Å²) >= 11 is 11.4. The SMILES string of the molecule is N#CC(N)c1cncc(Cl)c1Cl. The van der Waals surface area contributed by atoms with E-state index in [9.17, 15) is 0 Å². The van der Waals surface area contributed by atoms with Crippen molar-refractivity contribution in [1.29, 1.82) is 5.26 Å². The zero-order chi connectivity index (χ0) is 9.14. The van der Waals surface area contributed by atoms with E-state index in [1.54, 1.807) is 0 Å². The Morgan fingerprint density at radius 1 is 1.50 bits per heavy atom. The van der Waals surface area contributed by atoms with Gasteiger partial charge in [0.05, 0.1) is 16.1 Å². The number of hydrogen-bond donors (Lipinski definition) is 1. The molecule has 0 fully saturated rings. The smallest absolute Gasteiger partial charge is 0.121 e. The number of nitrogens with zero attached hydrogens (tertiary/aromatic N) is 2. The maximum atomic E-state index is 8.50. The second-order valence-corrected chi connectivity index (χ2v) is 2.92. The van der Waals surface area contributed by atoms with Crippen LogP contribution in [0, 0.1) is 11.3 Å². The van der Waals surface area contributed by atoms with Crippen molar-refractivity contribution in [2.75, 3.05) is 0 Å². The first-order valence-corrected chi connectivity index (χ1v) is 3.86. The highest BCUT2D eigenvalue weighted by Crippen LogP contribution is 2.27. The Balaban J connectivity index is 3.18. The van der Waals surface area contributed by atoms with Crippen LogP contribution in [0.5, 0.6) is 0 Å². The van der Waals surface area contributed by atoms with Crippen LogP contribution in [0.3, 0.4) is 0 Å². The summed E-state index contributed by atoms with van der Waals surface area (Å²) in [5.74, 6) is 0. The average Bonchev–Trinajstić information content (AvgIpc) is 2.08. The Kier molecular flexibility index (Phi) is 2.88. The third-order valence-corrected chi connectivity index (χ3v) is 2.14. The molecule has 2 N–H and O–H groups in total. The lowest BCUT2D eigenvalue weighted by Crippen LogP contribution is -2.08. The molecule has 1 heterocycles. The molecule has 3 nitrogen and oxygen atoms in total. The molecule has 5 heteroatoms.